The molecule has 0 bridgehead atoms. The quantitative estimate of drug-likeness (QED) is 0.942. The monoisotopic (exact) mass is 283 g/mol. The number of benzene rings is 1. The van der Waals surface area contributed by atoms with Crippen LogP contribution in [0.5, 0.6) is 0 Å². The van der Waals surface area contributed by atoms with Gasteiger partial charge in [0.2, 0.25) is 5.82 Å². The van der Waals surface area contributed by atoms with Gasteiger partial charge in [-0.15, -0.1) is 0 Å². The van der Waals surface area contributed by atoms with Crippen LogP contribution in [0.15, 0.2) is 24.4 Å². The lowest BCUT2D eigenvalue weighted by molar-refractivity contribution is -0.137. The molecule has 0 aliphatic heterocycles. The molecule has 1 amide bonds. The number of carbonyl (C=O) groups excluding carboxylic acids is 1. The number of amides is 1. The maximum atomic E-state index is 12.6. The molecule has 20 heavy (non-hydrogen) atoms. The fraction of sp³-hybridized carbons (Fsp3) is 0.308. The van der Waals surface area contributed by atoms with Gasteiger partial charge in [-0.25, -0.2) is 9.97 Å². The smallest absolute Gasteiger partial charge is 0.349 e. The lowest BCUT2D eigenvalue weighted by Crippen LogP contribution is -2.26. The second-order valence-corrected chi connectivity index (χ2v) is 4.22. The van der Waals surface area contributed by atoms with Gasteiger partial charge >= 0.3 is 6.18 Å². The van der Waals surface area contributed by atoms with Crippen molar-refractivity contribution in [3.8, 4) is 0 Å². The molecule has 0 saturated heterocycles. The van der Waals surface area contributed by atoms with Crippen molar-refractivity contribution in [2.24, 2.45) is 0 Å². The lowest BCUT2D eigenvalue weighted by atomic mass is 10.1. The minimum Gasteiger partial charge on any atom is -0.349 e. The Morgan fingerprint density at radius 3 is 2.75 bits per heavy atom. The van der Waals surface area contributed by atoms with Crippen molar-refractivity contribution in [2.75, 3.05) is 6.54 Å². The third-order valence-electron chi connectivity index (χ3n) is 2.65. The summed E-state index contributed by atoms with van der Waals surface area (Å²) in [7, 11) is 0. The number of halogens is 3. The first-order valence-corrected chi connectivity index (χ1v) is 6.04. The molecule has 4 nitrogen and oxygen atoms in total. The van der Waals surface area contributed by atoms with E-state index < -0.39 is 17.6 Å². The largest absolute Gasteiger partial charge is 0.416 e. The Balaban J connectivity index is 2.39. The second-order valence-electron chi connectivity index (χ2n) is 4.22. The van der Waals surface area contributed by atoms with E-state index in [1.807, 2.05) is 6.92 Å². The predicted octanol–water partition coefficient (Wildman–Crippen LogP) is 2.79. The van der Waals surface area contributed by atoms with E-state index >= 15 is 0 Å². The lowest BCUT2D eigenvalue weighted by Gasteiger charge is -2.08. The number of hydrogen-bond donors (Lipinski definition) is 1. The van der Waals surface area contributed by atoms with Crippen LogP contribution < -0.4 is 5.32 Å². The number of aromatic nitrogens is 2. The van der Waals surface area contributed by atoms with Crippen LogP contribution in [0.4, 0.5) is 13.2 Å². The van der Waals surface area contributed by atoms with E-state index in [2.05, 4.69) is 15.3 Å². The number of hydrogen-bond acceptors (Lipinski definition) is 3. The van der Waals surface area contributed by atoms with Crippen molar-refractivity contribution in [1.82, 2.24) is 15.3 Å². The standard InChI is InChI=1S/C13H12F3N3O/c1-2-5-17-12(20)11-18-7-8-3-4-9(13(14,15)16)6-10(8)19-11/h3-4,6-7H,2,5H2,1H3,(H,17,20). The first-order valence-electron chi connectivity index (χ1n) is 6.04. The number of fused-ring (bicyclic) bond motifs is 1. The molecule has 0 fully saturated rings. The van der Waals surface area contributed by atoms with Crippen molar-refractivity contribution in [1.29, 1.82) is 0 Å². The number of nitrogens with zero attached hydrogens (tertiary/aromatic N) is 2. The Labute approximate surface area is 113 Å². The van der Waals surface area contributed by atoms with Crippen molar-refractivity contribution in [2.45, 2.75) is 19.5 Å². The van der Waals surface area contributed by atoms with Crippen LogP contribution in [0, 0.1) is 0 Å². The molecule has 1 heterocycles. The number of alkyl halides is 3. The fourth-order valence-electron chi connectivity index (χ4n) is 1.63. The average Bonchev–Trinajstić information content (AvgIpc) is 2.42. The van der Waals surface area contributed by atoms with Gasteiger partial charge in [-0.05, 0) is 18.6 Å². The van der Waals surface area contributed by atoms with Crippen LogP contribution in [-0.4, -0.2) is 22.4 Å². The van der Waals surface area contributed by atoms with E-state index in [1.165, 1.54) is 12.3 Å². The number of rotatable bonds is 3. The molecule has 0 unspecified atom stereocenters. The number of carbonyl (C=O) groups is 1. The SMILES string of the molecule is CCCNC(=O)c1ncc2ccc(C(F)(F)F)cc2n1. The summed E-state index contributed by atoms with van der Waals surface area (Å²) >= 11 is 0. The Hall–Kier alpha value is -2.18. The van der Waals surface area contributed by atoms with Crippen molar-refractivity contribution in [3.63, 3.8) is 0 Å². The molecule has 0 saturated carbocycles. The van der Waals surface area contributed by atoms with E-state index in [0.717, 1.165) is 18.6 Å². The molecule has 0 spiro atoms. The number of nitrogens with one attached hydrogen (secondary N) is 1. The molecule has 2 aromatic rings. The van der Waals surface area contributed by atoms with E-state index in [9.17, 15) is 18.0 Å². The van der Waals surface area contributed by atoms with Crippen LogP contribution in [0.3, 0.4) is 0 Å². The summed E-state index contributed by atoms with van der Waals surface area (Å²) in [6, 6.07) is 3.15. The third kappa shape index (κ3) is 3.04. The van der Waals surface area contributed by atoms with E-state index in [-0.39, 0.29) is 11.3 Å². The maximum Gasteiger partial charge on any atom is 0.416 e. The summed E-state index contributed by atoms with van der Waals surface area (Å²) in [6.45, 7) is 2.35. The minimum atomic E-state index is -4.44. The molecule has 1 aromatic heterocycles. The van der Waals surface area contributed by atoms with Crippen LogP contribution in [0.2, 0.25) is 0 Å². The van der Waals surface area contributed by atoms with Gasteiger partial charge in [0.15, 0.2) is 0 Å². The molecular weight excluding hydrogens is 271 g/mol. The topological polar surface area (TPSA) is 54.9 Å². The molecule has 7 heteroatoms. The molecule has 1 N–H and O–H groups in total. The van der Waals surface area contributed by atoms with Gasteiger partial charge < -0.3 is 5.32 Å². The van der Waals surface area contributed by atoms with Gasteiger partial charge in [0.05, 0.1) is 11.1 Å². The maximum absolute atomic E-state index is 12.6. The molecule has 0 aliphatic carbocycles. The van der Waals surface area contributed by atoms with E-state index in [0.29, 0.717) is 11.9 Å². The highest BCUT2D eigenvalue weighted by atomic mass is 19.4. The van der Waals surface area contributed by atoms with Crippen molar-refractivity contribution >= 4 is 16.8 Å². The van der Waals surface area contributed by atoms with Crippen molar-refractivity contribution in [3.05, 3.63) is 35.8 Å². The summed E-state index contributed by atoms with van der Waals surface area (Å²) in [5.41, 5.74) is -0.708. The first kappa shape index (κ1) is 14.2. The Morgan fingerprint density at radius 1 is 1.35 bits per heavy atom. The molecule has 0 radical (unpaired) electrons. The van der Waals surface area contributed by atoms with Crippen LogP contribution >= 0.6 is 0 Å². The van der Waals surface area contributed by atoms with Gasteiger partial charge in [0.1, 0.15) is 0 Å². The molecule has 2 rings (SSSR count). The molecule has 1 aromatic carbocycles. The molecule has 106 valence electrons. The summed E-state index contributed by atoms with van der Waals surface area (Å²) in [5, 5.41) is 3.02. The van der Waals surface area contributed by atoms with Gasteiger partial charge in [-0.3, -0.25) is 4.79 Å². The van der Waals surface area contributed by atoms with E-state index in [1.54, 1.807) is 0 Å². The fourth-order valence-corrected chi connectivity index (χ4v) is 1.63. The zero-order chi connectivity index (χ0) is 14.8. The molecular formula is C13H12F3N3O. The van der Waals surface area contributed by atoms with Crippen LogP contribution in [0.1, 0.15) is 29.5 Å². The zero-order valence-electron chi connectivity index (χ0n) is 10.7. The van der Waals surface area contributed by atoms with Gasteiger partial charge in [0.25, 0.3) is 5.91 Å². The summed E-state index contributed by atoms with van der Waals surface area (Å²) in [4.78, 5) is 19.4. The van der Waals surface area contributed by atoms with Gasteiger partial charge in [-0.2, -0.15) is 13.2 Å². The second kappa shape index (κ2) is 5.44. The van der Waals surface area contributed by atoms with Crippen LogP contribution in [0.25, 0.3) is 10.9 Å². The molecule has 0 atom stereocenters. The molecule has 0 aliphatic rings. The zero-order valence-corrected chi connectivity index (χ0v) is 10.7. The predicted molar refractivity (Wildman–Crippen MR) is 67.2 cm³/mol. The Bertz CT molecular complexity index is 640. The Kier molecular flexibility index (Phi) is 3.87. The first-order chi connectivity index (χ1) is 9.41. The summed E-state index contributed by atoms with van der Waals surface area (Å²) < 4.78 is 37.9. The highest BCUT2D eigenvalue weighted by Gasteiger charge is 2.30. The minimum absolute atomic E-state index is 0.0940. The van der Waals surface area contributed by atoms with E-state index in [4.69, 9.17) is 0 Å². The van der Waals surface area contributed by atoms with Gasteiger partial charge in [-0.1, -0.05) is 13.0 Å². The van der Waals surface area contributed by atoms with Gasteiger partial charge in [0, 0.05) is 18.1 Å². The highest BCUT2D eigenvalue weighted by Crippen LogP contribution is 2.30. The van der Waals surface area contributed by atoms with Crippen LogP contribution in [-0.2, 0) is 6.18 Å². The Morgan fingerprint density at radius 2 is 2.10 bits per heavy atom. The normalized spacial score (nSPS) is 11.6. The highest BCUT2D eigenvalue weighted by molar-refractivity contribution is 5.92. The van der Waals surface area contributed by atoms with Crippen molar-refractivity contribution < 1.29 is 18.0 Å². The summed E-state index contributed by atoms with van der Waals surface area (Å²) in [6.07, 6.45) is -2.36. The average molecular weight is 283 g/mol. The summed E-state index contributed by atoms with van der Waals surface area (Å²) in [5.74, 6) is -0.628. The third-order valence-corrected chi connectivity index (χ3v) is 2.65.